The third-order valence-corrected chi connectivity index (χ3v) is 1.39. The van der Waals surface area contributed by atoms with Crippen LogP contribution in [0.4, 0.5) is 0 Å². The lowest BCUT2D eigenvalue weighted by Gasteiger charge is -1.98. The smallest absolute Gasteiger partial charge is 0.00460 e. The minimum atomic E-state index is 1.16. The molecule has 0 spiro atoms. The van der Waals surface area contributed by atoms with Gasteiger partial charge in [0.1, 0.15) is 0 Å². The third-order valence-electron chi connectivity index (χ3n) is 1.39. The summed E-state index contributed by atoms with van der Waals surface area (Å²) in [5, 5.41) is 3.36. The van der Waals surface area contributed by atoms with E-state index in [4.69, 9.17) is 0 Å². The van der Waals surface area contributed by atoms with Crippen molar-refractivity contribution in [1.29, 1.82) is 0 Å². The fraction of sp³-hybridized carbons (Fsp3) is 0.778. The monoisotopic (exact) mass is 141 g/mol. The van der Waals surface area contributed by atoms with E-state index < -0.39 is 0 Å². The average molecular weight is 141 g/mol. The SMILES string of the molecule is CC=CCCCNCCC. The quantitative estimate of drug-likeness (QED) is 0.442. The van der Waals surface area contributed by atoms with Gasteiger partial charge in [0.15, 0.2) is 0 Å². The van der Waals surface area contributed by atoms with Crippen LogP contribution in [0.15, 0.2) is 12.2 Å². The molecule has 1 nitrogen and oxygen atoms in total. The summed E-state index contributed by atoms with van der Waals surface area (Å²) < 4.78 is 0. The minimum Gasteiger partial charge on any atom is -0.317 e. The van der Waals surface area contributed by atoms with Gasteiger partial charge < -0.3 is 5.32 Å². The van der Waals surface area contributed by atoms with Gasteiger partial charge in [0, 0.05) is 0 Å². The zero-order valence-electron chi connectivity index (χ0n) is 7.19. The molecule has 0 rings (SSSR count). The number of hydrogen-bond donors (Lipinski definition) is 1. The predicted octanol–water partition coefficient (Wildman–Crippen LogP) is 2.34. The van der Waals surface area contributed by atoms with Crippen molar-refractivity contribution < 1.29 is 0 Å². The van der Waals surface area contributed by atoms with Crippen molar-refractivity contribution in [2.75, 3.05) is 13.1 Å². The molecular formula is C9H19N. The maximum Gasteiger partial charge on any atom is -0.00460 e. The molecule has 0 aromatic carbocycles. The zero-order chi connectivity index (χ0) is 7.66. The Morgan fingerprint density at radius 2 is 2.10 bits per heavy atom. The second-order valence-corrected chi connectivity index (χ2v) is 2.46. The summed E-state index contributed by atoms with van der Waals surface area (Å²) >= 11 is 0. The van der Waals surface area contributed by atoms with Crippen molar-refractivity contribution in [3.8, 4) is 0 Å². The Labute approximate surface area is 64.5 Å². The summed E-state index contributed by atoms with van der Waals surface area (Å²) in [6.45, 7) is 6.59. The maximum atomic E-state index is 3.36. The van der Waals surface area contributed by atoms with E-state index in [2.05, 4.69) is 31.3 Å². The molecule has 0 aromatic rings. The van der Waals surface area contributed by atoms with Gasteiger partial charge in [0.05, 0.1) is 0 Å². The lowest BCUT2D eigenvalue weighted by Crippen LogP contribution is -2.15. The Morgan fingerprint density at radius 3 is 2.70 bits per heavy atom. The highest BCUT2D eigenvalue weighted by Crippen LogP contribution is 1.88. The summed E-state index contributed by atoms with van der Waals surface area (Å²) in [6, 6.07) is 0. The summed E-state index contributed by atoms with van der Waals surface area (Å²) in [7, 11) is 0. The van der Waals surface area contributed by atoms with Crippen molar-refractivity contribution in [1.82, 2.24) is 5.32 Å². The standard InChI is InChI=1S/C9H19N/c1-3-5-6-7-9-10-8-4-2/h3,5,10H,4,6-9H2,1-2H3. The average Bonchev–Trinajstić information content (AvgIpc) is 1.97. The first-order valence-corrected chi connectivity index (χ1v) is 4.23. The molecule has 0 heterocycles. The van der Waals surface area contributed by atoms with Gasteiger partial charge in [-0.25, -0.2) is 0 Å². The van der Waals surface area contributed by atoms with E-state index in [-0.39, 0.29) is 0 Å². The Balaban J connectivity index is 2.77. The predicted molar refractivity (Wildman–Crippen MR) is 47.2 cm³/mol. The van der Waals surface area contributed by atoms with E-state index in [9.17, 15) is 0 Å². The van der Waals surface area contributed by atoms with Crippen LogP contribution in [0.1, 0.15) is 33.1 Å². The topological polar surface area (TPSA) is 12.0 Å². The van der Waals surface area contributed by atoms with Gasteiger partial charge in [0.25, 0.3) is 0 Å². The molecule has 60 valence electrons. The van der Waals surface area contributed by atoms with Crippen LogP contribution in [-0.2, 0) is 0 Å². The van der Waals surface area contributed by atoms with Crippen molar-refractivity contribution in [2.24, 2.45) is 0 Å². The number of nitrogens with one attached hydrogen (secondary N) is 1. The van der Waals surface area contributed by atoms with Crippen molar-refractivity contribution >= 4 is 0 Å². The third kappa shape index (κ3) is 7.70. The van der Waals surface area contributed by atoms with E-state index >= 15 is 0 Å². The molecule has 0 amide bonds. The lowest BCUT2D eigenvalue weighted by molar-refractivity contribution is 0.644. The van der Waals surface area contributed by atoms with Crippen molar-refractivity contribution in [3.05, 3.63) is 12.2 Å². The van der Waals surface area contributed by atoms with Gasteiger partial charge in [-0.05, 0) is 39.3 Å². The van der Waals surface area contributed by atoms with Gasteiger partial charge in [-0.3, -0.25) is 0 Å². The molecule has 0 fully saturated rings. The van der Waals surface area contributed by atoms with Gasteiger partial charge in [0.2, 0.25) is 0 Å². The van der Waals surface area contributed by atoms with Crippen LogP contribution in [0.2, 0.25) is 0 Å². The molecule has 0 aliphatic rings. The van der Waals surface area contributed by atoms with Crippen LogP contribution in [-0.4, -0.2) is 13.1 Å². The largest absolute Gasteiger partial charge is 0.317 e. The summed E-state index contributed by atoms with van der Waals surface area (Å²) in [5.41, 5.74) is 0. The highest BCUT2D eigenvalue weighted by Gasteiger charge is 1.82. The molecule has 0 aliphatic heterocycles. The normalized spacial score (nSPS) is 11.0. The number of allylic oxidation sites excluding steroid dienone is 2. The lowest BCUT2D eigenvalue weighted by atomic mass is 10.3. The van der Waals surface area contributed by atoms with E-state index in [0.717, 1.165) is 13.1 Å². The van der Waals surface area contributed by atoms with E-state index in [1.165, 1.54) is 19.3 Å². The van der Waals surface area contributed by atoms with Crippen molar-refractivity contribution in [2.45, 2.75) is 33.1 Å². The highest BCUT2D eigenvalue weighted by molar-refractivity contribution is 4.76. The molecule has 0 aromatic heterocycles. The molecule has 0 radical (unpaired) electrons. The molecule has 1 N–H and O–H groups in total. The Morgan fingerprint density at radius 1 is 1.30 bits per heavy atom. The Hall–Kier alpha value is -0.300. The fourth-order valence-corrected chi connectivity index (χ4v) is 0.813. The first-order valence-electron chi connectivity index (χ1n) is 4.23. The second-order valence-electron chi connectivity index (χ2n) is 2.46. The molecule has 0 saturated carbocycles. The Kier molecular flexibility index (Phi) is 8.44. The van der Waals surface area contributed by atoms with Crippen LogP contribution in [0.5, 0.6) is 0 Å². The van der Waals surface area contributed by atoms with Gasteiger partial charge >= 0.3 is 0 Å². The molecule has 0 unspecified atom stereocenters. The molecule has 0 atom stereocenters. The van der Waals surface area contributed by atoms with Crippen LogP contribution in [0, 0.1) is 0 Å². The first-order chi connectivity index (χ1) is 4.91. The summed E-state index contributed by atoms with van der Waals surface area (Å²) in [4.78, 5) is 0. The maximum absolute atomic E-state index is 3.36. The first kappa shape index (κ1) is 9.70. The van der Waals surface area contributed by atoms with Gasteiger partial charge in [-0.2, -0.15) is 0 Å². The second kappa shape index (κ2) is 8.70. The highest BCUT2D eigenvalue weighted by atomic mass is 14.8. The zero-order valence-corrected chi connectivity index (χ0v) is 7.19. The molecule has 1 heteroatoms. The minimum absolute atomic E-state index is 1.16. The van der Waals surface area contributed by atoms with Gasteiger partial charge in [-0.15, -0.1) is 0 Å². The number of unbranched alkanes of at least 4 members (excludes halogenated alkanes) is 1. The van der Waals surface area contributed by atoms with E-state index in [1.54, 1.807) is 0 Å². The molecule has 0 saturated heterocycles. The Bertz CT molecular complexity index is 76.8. The van der Waals surface area contributed by atoms with E-state index in [0.29, 0.717) is 0 Å². The number of rotatable bonds is 6. The summed E-state index contributed by atoms with van der Waals surface area (Å²) in [6.07, 6.45) is 8.05. The molecule has 0 bridgehead atoms. The van der Waals surface area contributed by atoms with Crippen LogP contribution in [0.25, 0.3) is 0 Å². The molecule has 0 aliphatic carbocycles. The number of hydrogen-bond acceptors (Lipinski definition) is 1. The van der Waals surface area contributed by atoms with Crippen LogP contribution >= 0.6 is 0 Å². The molecular weight excluding hydrogens is 122 g/mol. The molecule has 10 heavy (non-hydrogen) atoms. The fourth-order valence-electron chi connectivity index (χ4n) is 0.813. The summed E-state index contributed by atoms with van der Waals surface area (Å²) in [5.74, 6) is 0. The van der Waals surface area contributed by atoms with Crippen molar-refractivity contribution in [3.63, 3.8) is 0 Å². The van der Waals surface area contributed by atoms with Crippen LogP contribution in [0.3, 0.4) is 0 Å². The van der Waals surface area contributed by atoms with E-state index in [1.807, 2.05) is 0 Å². The van der Waals surface area contributed by atoms with Gasteiger partial charge in [-0.1, -0.05) is 19.1 Å². The van der Waals surface area contributed by atoms with Crippen LogP contribution < -0.4 is 5.32 Å².